The summed E-state index contributed by atoms with van der Waals surface area (Å²) in [5.74, 6) is 14.9. The number of hydrogen-bond acceptors (Lipinski definition) is 18. The van der Waals surface area contributed by atoms with Crippen molar-refractivity contribution in [3.05, 3.63) is 136 Å². The summed E-state index contributed by atoms with van der Waals surface area (Å²) in [6.07, 6.45) is 16.6. The lowest BCUT2D eigenvalue weighted by Crippen LogP contribution is -2.16. The molecule has 0 fully saturated rings. The summed E-state index contributed by atoms with van der Waals surface area (Å²) in [6, 6.07) is 5.60. The van der Waals surface area contributed by atoms with E-state index in [2.05, 4.69) is 335 Å². The molecule has 0 radical (unpaired) electrons. The maximum atomic E-state index is 5.38. The third-order valence-electron chi connectivity index (χ3n) is 17.8. The molecule has 10 heterocycles. The Balaban J connectivity index is 0.000000617. The highest BCUT2D eigenvalue weighted by Gasteiger charge is 2.25. The summed E-state index contributed by atoms with van der Waals surface area (Å²) in [7, 11) is 2.03. The Morgan fingerprint density at radius 2 is 0.946 bits per heavy atom. The molecule has 0 saturated carbocycles. The second kappa shape index (κ2) is 50.5. The molecular formula is C89H157N17O5. The molecule has 22 nitrogen and oxygen atoms in total. The lowest BCUT2D eigenvalue weighted by molar-refractivity contribution is 0.0521. The average molecular weight is 1550 g/mol. The van der Waals surface area contributed by atoms with Crippen molar-refractivity contribution >= 4 is 11.4 Å². The van der Waals surface area contributed by atoms with Crippen LogP contribution < -0.4 is 0 Å². The highest BCUT2D eigenvalue weighted by Crippen LogP contribution is 2.26. The van der Waals surface area contributed by atoms with Crippen LogP contribution in [0.15, 0.2) is 89.3 Å². The van der Waals surface area contributed by atoms with Gasteiger partial charge in [0.25, 0.3) is 0 Å². The van der Waals surface area contributed by atoms with Crippen molar-refractivity contribution in [2.45, 2.75) is 391 Å². The van der Waals surface area contributed by atoms with E-state index < -0.39 is 0 Å². The molecule has 0 aromatic carbocycles. The number of hydrogen-bond donors (Lipinski definition) is 0. The van der Waals surface area contributed by atoms with E-state index in [1.54, 1.807) is 6.26 Å². The van der Waals surface area contributed by atoms with Gasteiger partial charge in [0.05, 0.1) is 41.0 Å². The monoisotopic (exact) mass is 1540 g/mol. The second-order valence-corrected chi connectivity index (χ2v) is 35.3. The van der Waals surface area contributed by atoms with Gasteiger partial charge in [-0.3, -0.25) is 14.4 Å². The minimum absolute atomic E-state index is 0.326. The van der Waals surface area contributed by atoms with Gasteiger partial charge in [-0.25, -0.2) is 9.97 Å². The van der Waals surface area contributed by atoms with Crippen LogP contribution in [0.5, 0.6) is 0 Å². The van der Waals surface area contributed by atoms with Crippen molar-refractivity contribution in [2.24, 2.45) is 40.9 Å². The van der Waals surface area contributed by atoms with Crippen LogP contribution in [0.2, 0.25) is 0 Å². The predicted octanol–water partition coefficient (Wildman–Crippen LogP) is 25.8. The zero-order chi connectivity index (χ0) is 85.2. The third kappa shape index (κ3) is 37.2. The zero-order valence-electron chi connectivity index (χ0n) is 77.4. The van der Waals surface area contributed by atoms with Crippen LogP contribution in [-0.2, 0) is 11.9 Å². The second-order valence-electron chi connectivity index (χ2n) is 35.3. The lowest BCUT2D eigenvalue weighted by atomic mass is 9.97. The summed E-state index contributed by atoms with van der Waals surface area (Å²) in [5.41, 5.74) is 9.60. The number of rotatable bonds is 20. The van der Waals surface area contributed by atoms with Crippen molar-refractivity contribution in [2.75, 3.05) is 0 Å². The fourth-order valence-electron chi connectivity index (χ4n) is 9.59. The van der Waals surface area contributed by atoms with Crippen LogP contribution in [-0.4, -0.2) is 91.9 Å². The first-order valence-electron chi connectivity index (χ1n) is 41.6. The summed E-state index contributed by atoms with van der Waals surface area (Å²) in [6.45, 7) is 85.0. The number of oxime groups is 1. The quantitative estimate of drug-likeness (QED) is 0.0688. The number of imidazole rings is 1. The third-order valence-corrected chi connectivity index (χ3v) is 17.8. The van der Waals surface area contributed by atoms with Gasteiger partial charge in [0.15, 0.2) is 11.7 Å². The minimum Gasteiger partial charge on any atom is -0.448 e. The van der Waals surface area contributed by atoms with Crippen LogP contribution in [0.1, 0.15) is 460 Å². The van der Waals surface area contributed by atoms with Crippen molar-refractivity contribution in [3.63, 3.8) is 0 Å². The molecule has 1 unspecified atom stereocenters. The molecule has 0 aliphatic carbocycles. The first kappa shape index (κ1) is 101. The molecule has 0 spiro atoms. The summed E-state index contributed by atoms with van der Waals surface area (Å²) >= 11 is 0. The summed E-state index contributed by atoms with van der Waals surface area (Å²) in [4.78, 5) is 22.7. The Hall–Kier alpha value is -7.65. The molecule has 0 saturated heterocycles. The maximum Gasteiger partial charge on any atom is 0.229 e. The van der Waals surface area contributed by atoms with Gasteiger partial charge in [-0.1, -0.05) is 257 Å². The minimum atomic E-state index is 0.326. The number of allylic oxidation sites excluding steroid dienone is 2. The fraction of sp³-hybridized carbons (Fsp3) is 0.719. The van der Waals surface area contributed by atoms with E-state index in [0.29, 0.717) is 125 Å². The smallest absolute Gasteiger partial charge is 0.229 e. The Kier molecular flexibility index (Phi) is 46.1. The highest BCUT2D eigenvalue weighted by atomic mass is 16.6. The van der Waals surface area contributed by atoms with Gasteiger partial charge in [0.2, 0.25) is 17.7 Å². The normalized spacial score (nSPS) is 13.3. The van der Waals surface area contributed by atoms with Gasteiger partial charge in [0.1, 0.15) is 29.8 Å². The van der Waals surface area contributed by atoms with Crippen LogP contribution in [0, 0.1) is 23.7 Å². The van der Waals surface area contributed by atoms with Crippen LogP contribution in [0.25, 0.3) is 0 Å². The molecule has 1 atom stereocenters. The van der Waals surface area contributed by atoms with E-state index in [0.717, 1.165) is 71.0 Å². The van der Waals surface area contributed by atoms with Gasteiger partial charge in [-0.2, -0.15) is 15.2 Å². The molecular weight excluding hydrogens is 1390 g/mol. The van der Waals surface area contributed by atoms with Crippen molar-refractivity contribution < 1.29 is 22.7 Å². The van der Waals surface area contributed by atoms with E-state index in [1.807, 2.05) is 82.7 Å². The van der Waals surface area contributed by atoms with Crippen LogP contribution in [0.4, 0.5) is 0 Å². The van der Waals surface area contributed by atoms with Gasteiger partial charge in [0, 0.05) is 121 Å². The number of oxazole rings is 1. The van der Waals surface area contributed by atoms with Crippen molar-refractivity contribution in [1.29, 1.82) is 0 Å². The molecule has 2 aliphatic heterocycles. The van der Waals surface area contributed by atoms with Gasteiger partial charge < -0.3 is 31.9 Å². The molecule has 8 aromatic heterocycles. The largest absolute Gasteiger partial charge is 0.448 e. The summed E-state index contributed by atoms with van der Waals surface area (Å²) < 4.78 is 29.0. The molecule has 0 bridgehead atoms. The molecule has 0 N–H and O–H groups in total. The van der Waals surface area contributed by atoms with E-state index >= 15 is 0 Å². The molecule has 10 rings (SSSR count). The molecule has 8 aromatic rings. The predicted molar refractivity (Wildman–Crippen MR) is 460 cm³/mol. The molecule has 628 valence electrons. The Morgan fingerprint density at radius 3 is 1.20 bits per heavy atom. The topological polar surface area (TPSA) is 248 Å². The Labute approximate surface area is 673 Å². The van der Waals surface area contributed by atoms with E-state index in [1.165, 1.54) is 34.1 Å². The highest BCUT2D eigenvalue weighted by molar-refractivity contribution is 5.90. The number of nitrogens with zero attached hydrogens (tertiary/aromatic N) is 17. The first-order valence-corrected chi connectivity index (χ1v) is 41.6. The number of aliphatic imine (C=N–C) groups is 1. The molecule has 111 heavy (non-hydrogen) atoms. The molecule has 2 aliphatic rings. The van der Waals surface area contributed by atoms with Gasteiger partial charge >= 0.3 is 0 Å². The van der Waals surface area contributed by atoms with Crippen molar-refractivity contribution in [3.8, 4) is 0 Å². The van der Waals surface area contributed by atoms with E-state index in [4.69, 9.17) is 22.7 Å². The fourth-order valence-corrected chi connectivity index (χ4v) is 9.59. The zero-order valence-corrected chi connectivity index (χ0v) is 77.4. The average Bonchev–Trinajstić information content (AvgIpc) is 1.70. The molecule has 22 heteroatoms. The van der Waals surface area contributed by atoms with E-state index in [-0.39, 0.29) is 0 Å². The maximum absolute atomic E-state index is 5.38. The lowest BCUT2D eigenvalue weighted by Gasteiger charge is -2.11. The van der Waals surface area contributed by atoms with E-state index in [9.17, 15) is 0 Å². The Bertz CT molecular complexity index is 3160. The van der Waals surface area contributed by atoms with Gasteiger partial charge in [-0.05, 0) is 106 Å². The first-order chi connectivity index (χ1) is 51.5. The number of aromatic nitrogens is 15. The summed E-state index contributed by atoms with van der Waals surface area (Å²) in [5, 5.41) is 36.7. The van der Waals surface area contributed by atoms with Crippen LogP contribution in [0.3, 0.4) is 0 Å². The van der Waals surface area contributed by atoms with Gasteiger partial charge in [-0.15, -0.1) is 20.4 Å². The molecule has 0 amide bonds. The standard InChI is InChI=1S/C10H17N.C9H17N3.3C9H16N2.C9H15NO.C9H17NO.C9H15NO.2C8H14N2O/c1-7(2)9-5-6-10(11-9)8(3)4;1-6(2)8-10-11-9(7(3)4)12(8)5;1-7(2)9-5-11(6-10-9)8(3)4;1-7(2)9-5-10-11(6-9)8(3)4;1-7(2)9-5-6-11(10-9)8(3)4;1-6(2)8-5-11-9(10-8)7(3)4;2*1-6(2)8-5-9(7(3)4)11-10-8;1-5(2)7-9-10-8(11-7)6(3)4;1-5(2)7-9-8(6(3)4)11-10-7/h5,7-8H,6H2,1-4H3;6-7H,1-5H3;3*5-8H,1-4H3;5-7H,1-4H3;6-7,9H,5H2,1-4H3;5-7H,1-4H3;2*5-6H,1-4H3. The van der Waals surface area contributed by atoms with Crippen LogP contribution >= 0.6 is 0 Å². The van der Waals surface area contributed by atoms with Crippen molar-refractivity contribution in [1.82, 2.24) is 74.4 Å². The SMILES string of the molecule is CC(C)C1=CCC(C(C)C)=N1.CC(C)C1=NOC(C(C)C)C1.CC(C)c1cc(C(C)C)on1.CC(C)c1ccn(C(C)C)n1.CC(C)c1cn(C(C)C)cn1.CC(C)c1cnn(C(C)C)c1.CC(C)c1coc(C(C)C)n1.CC(C)c1nnc(C(C)C)n1C.CC(C)c1nnc(C(C)C)o1.CC(C)c1noc(C(C)C)n1. The Morgan fingerprint density at radius 1 is 0.432 bits per heavy atom.